The first kappa shape index (κ1) is 18.2. The molecule has 4 rings (SSSR count). The maximum atomic E-state index is 12.3. The summed E-state index contributed by atoms with van der Waals surface area (Å²) in [6.07, 6.45) is 4.56. The van der Waals surface area contributed by atoms with Crippen molar-refractivity contribution < 1.29 is 4.79 Å². The maximum absolute atomic E-state index is 12.3. The Hall–Kier alpha value is -1.21. The number of benzene rings is 1. The average Bonchev–Trinajstić information content (AvgIpc) is 3.37. The highest BCUT2D eigenvalue weighted by molar-refractivity contribution is 7.11. The van der Waals surface area contributed by atoms with Crippen LogP contribution in [0.1, 0.15) is 47.5 Å². The first-order chi connectivity index (χ1) is 12.6. The molecule has 0 unspecified atom stereocenters. The number of carbonyl (C=O) groups excluding carboxylic acids is 1. The summed E-state index contributed by atoms with van der Waals surface area (Å²) in [7, 11) is 0. The van der Waals surface area contributed by atoms with Crippen molar-refractivity contribution in [2.45, 2.75) is 37.5 Å². The van der Waals surface area contributed by atoms with Crippen molar-refractivity contribution >= 4 is 46.1 Å². The lowest BCUT2D eigenvalue weighted by molar-refractivity contribution is -0.117. The number of anilines is 1. The van der Waals surface area contributed by atoms with Crippen molar-refractivity contribution in [3.8, 4) is 0 Å². The number of nitrogens with one attached hydrogen (secondary N) is 1. The maximum Gasteiger partial charge on any atom is 0.238 e. The van der Waals surface area contributed by atoms with Crippen LogP contribution in [-0.4, -0.2) is 40.6 Å². The van der Waals surface area contributed by atoms with Gasteiger partial charge < -0.3 is 5.32 Å². The SMILES string of the molecule is O=C(CN1CCC(c2nnc(C3CC3)s2)CC1)Nc1cccc(Cl)c1Cl. The van der Waals surface area contributed by atoms with Gasteiger partial charge in [0.15, 0.2) is 0 Å². The molecule has 0 radical (unpaired) electrons. The Bertz CT molecular complexity index is 800. The molecule has 2 fully saturated rings. The van der Waals surface area contributed by atoms with Gasteiger partial charge in [0.1, 0.15) is 10.0 Å². The topological polar surface area (TPSA) is 58.1 Å². The molecule has 26 heavy (non-hydrogen) atoms. The minimum atomic E-state index is -0.0699. The zero-order valence-electron chi connectivity index (χ0n) is 14.3. The number of likely N-dealkylation sites (tertiary alicyclic amines) is 1. The fourth-order valence-electron chi connectivity index (χ4n) is 3.24. The number of rotatable bonds is 5. The molecule has 2 heterocycles. The summed E-state index contributed by atoms with van der Waals surface area (Å²) in [4.78, 5) is 14.5. The Morgan fingerprint density at radius 3 is 2.42 bits per heavy atom. The Morgan fingerprint density at radius 2 is 1.77 bits per heavy atom. The average molecular weight is 411 g/mol. The third kappa shape index (κ3) is 4.19. The number of hydrogen-bond donors (Lipinski definition) is 1. The second kappa shape index (κ2) is 7.80. The molecule has 1 aliphatic carbocycles. The number of aromatic nitrogens is 2. The van der Waals surface area contributed by atoms with Crippen LogP contribution in [0.15, 0.2) is 18.2 Å². The van der Waals surface area contributed by atoms with Gasteiger partial charge in [0, 0.05) is 11.8 Å². The van der Waals surface area contributed by atoms with Crippen molar-refractivity contribution in [3.05, 3.63) is 38.3 Å². The van der Waals surface area contributed by atoms with Crippen molar-refractivity contribution in [3.63, 3.8) is 0 Å². The molecule has 1 amide bonds. The molecule has 0 atom stereocenters. The van der Waals surface area contributed by atoms with Gasteiger partial charge in [-0.3, -0.25) is 9.69 Å². The van der Waals surface area contributed by atoms with Gasteiger partial charge in [0.25, 0.3) is 0 Å². The molecule has 5 nitrogen and oxygen atoms in total. The van der Waals surface area contributed by atoms with E-state index in [4.69, 9.17) is 23.2 Å². The molecule has 0 bridgehead atoms. The van der Waals surface area contributed by atoms with Gasteiger partial charge in [-0.15, -0.1) is 21.5 Å². The van der Waals surface area contributed by atoms with Gasteiger partial charge in [-0.25, -0.2) is 0 Å². The zero-order chi connectivity index (χ0) is 18.1. The lowest BCUT2D eigenvalue weighted by atomic mass is 9.98. The zero-order valence-corrected chi connectivity index (χ0v) is 16.6. The molecular formula is C18H20Cl2N4OS. The number of nitrogens with zero attached hydrogens (tertiary/aromatic N) is 3. The first-order valence-corrected chi connectivity index (χ1v) is 10.5. The predicted octanol–water partition coefficient (Wildman–Crippen LogP) is 4.54. The van der Waals surface area contributed by atoms with Crippen molar-refractivity contribution in [2.75, 3.05) is 25.0 Å². The van der Waals surface area contributed by atoms with Gasteiger partial charge in [0.05, 0.1) is 22.3 Å². The van der Waals surface area contributed by atoms with Crippen LogP contribution in [0.3, 0.4) is 0 Å². The second-order valence-electron chi connectivity index (χ2n) is 6.95. The van der Waals surface area contributed by atoms with Crippen molar-refractivity contribution in [1.82, 2.24) is 15.1 Å². The molecule has 1 saturated carbocycles. The fourth-order valence-corrected chi connectivity index (χ4v) is 4.77. The minimum Gasteiger partial charge on any atom is -0.324 e. The third-order valence-corrected chi connectivity index (χ3v) is 6.98. The lowest BCUT2D eigenvalue weighted by Crippen LogP contribution is -2.38. The van der Waals surface area contributed by atoms with E-state index in [9.17, 15) is 4.79 Å². The minimum absolute atomic E-state index is 0.0699. The largest absolute Gasteiger partial charge is 0.324 e. The Kier molecular flexibility index (Phi) is 5.45. The van der Waals surface area contributed by atoms with Crippen LogP contribution in [0.4, 0.5) is 5.69 Å². The van der Waals surface area contributed by atoms with Crippen LogP contribution in [0.5, 0.6) is 0 Å². The van der Waals surface area contributed by atoms with Crippen molar-refractivity contribution in [1.29, 1.82) is 0 Å². The van der Waals surface area contributed by atoms with E-state index in [1.165, 1.54) is 22.9 Å². The molecule has 1 saturated heterocycles. The van der Waals surface area contributed by atoms with E-state index >= 15 is 0 Å². The van der Waals surface area contributed by atoms with E-state index in [0.717, 1.165) is 25.9 Å². The highest BCUT2D eigenvalue weighted by atomic mass is 35.5. The summed E-state index contributed by atoms with van der Waals surface area (Å²) in [5, 5.41) is 14.8. The van der Waals surface area contributed by atoms with Crippen LogP contribution in [0, 0.1) is 0 Å². The van der Waals surface area contributed by atoms with Gasteiger partial charge in [-0.05, 0) is 50.9 Å². The Morgan fingerprint density at radius 1 is 1.12 bits per heavy atom. The van der Waals surface area contributed by atoms with Gasteiger partial charge in [-0.2, -0.15) is 0 Å². The number of hydrogen-bond acceptors (Lipinski definition) is 5. The standard InChI is InChI=1S/C18H20Cl2N4OS/c19-13-2-1-3-14(16(13)20)21-15(25)10-24-8-6-12(7-9-24)18-23-22-17(26-18)11-4-5-11/h1-3,11-12H,4-10H2,(H,21,25). The summed E-state index contributed by atoms with van der Waals surface area (Å²) in [5.41, 5.74) is 0.556. The molecule has 2 aliphatic rings. The highest BCUT2D eigenvalue weighted by Gasteiger charge is 2.30. The van der Waals surface area contributed by atoms with Crippen LogP contribution < -0.4 is 5.32 Å². The summed E-state index contributed by atoms with van der Waals surface area (Å²) in [6, 6.07) is 5.23. The van der Waals surface area contributed by atoms with Crippen LogP contribution in [0.25, 0.3) is 0 Å². The summed E-state index contributed by atoms with van der Waals surface area (Å²) >= 11 is 13.9. The molecule has 1 aromatic carbocycles. The van der Waals surface area contributed by atoms with E-state index in [2.05, 4.69) is 20.4 Å². The molecule has 1 aromatic heterocycles. The normalized spacial score (nSPS) is 18.8. The van der Waals surface area contributed by atoms with Gasteiger partial charge in [-0.1, -0.05) is 29.3 Å². The van der Waals surface area contributed by atoms with Crippen LogP contribution in [-0.2, 0) is 4.79 Å². The Labute approximate surface area is 166 Å². The van der Waals surface area contributed by atoms with Crippen molar-refractivity contribution in [2.24, 2.45) is 0 Å². The molecule has 8 heteroatoms. The van der Waals surface area contributed by atoms with E-state index in [1.807, 2.05) is 0 Å². The molecule has 138 valence electrons. The lowest BCUT2D eigenvalue weighted by Gasteiger charge is -2.30. The smallest absolute Gasteiger partial charge is 0.238 e. The number of halogens is 2. The van der Waals surface area contributed by atoms with Crippen LogP contribution >= 0.6 is 34.5 Å². The quantitative estimate of drug-likeness (QED) is 0.785. The second-order valence-corrected chi connectivity index (χ2v) is 8.78. The number of piperidine rings is 1. The number of carbonyl (C=O) groups is 1. The van der Waals surface area contributed by atoms with Gasteiger partial charge >= 0.3 is 0 Å². The summed E-state index contributed by atoms with van der Waals surface area (Å²) in [5.74, 6) is 1.07. The summed E-state index contributed by atoms with van der Waals surface area (Å²) < 4.78 is 0. The predicted molar refractivity (Wildman–Crippen MR) is 105 cm³/mol. The van der Waals surface area contributed by atoms with E-state index < -0.39 is 0 Å². The van der Waals surface area contributed by atoms with E-state index in [1.54, 1.807) is 29.5 Å². The van der Waals surface area contributed by atoms with Gasteiger partial charge in [0.2, 0.25) is 5.91 Å². The molecular weight excluding hydrogens is 391 g/mol. The highest BCUT2D eigenvalue weighted by Crippen LogP contribution is 2.43. The summed E-state index contributed by atoms with van der Waals surface area (Å²) in [6.45, 7) is 2.14. The first-order valence-electron chi connectivity index (χ1n) is 8.89. The third-order valence-electron chi connectivity index (χ3n) is 4.91. The molecule has 2 aromatic rings. The van der Waals surface area contributed by atoms with E-state index in [-0.39, 0.29) is 5.91 Å². The fraction of sp³-hybridized carbons (Fsp3) is 0.500. The monoisotopic (exact) mass is 410 g/mol. The van der Waals surface area contributed by atoms with E-state index in [0.29, 0.717) is 34.1 Å². The number of amides is 1. The van der Waals surface area contributed by atoms with Crippen LogP contribution in [0.2, 0.25) is 10.0 Å². The Balaban J connectivity index is 1.27. The molecule has 1 N–H and O–H groups in total. The molecule has 1 aliphatic heterocycles. The molecule has 0 spiro atoms.